The van der Waals surface area contributed by atoms with E-state index >= 15 is 0 Å². The van der Waals surface area contributed by atoms with E-state index in [1.807, 2.05) is 0 Å². The fourth-order valence-corrected chi connectivity index (χ4v) is 3.25. The van der Waals surface area contributed by atoms with Crippen molar-refractivity contribution in [3.63, 3.8) is 0 Å². The number of benzene rings is 4. The Morgan fingerprint density at radius 1 is 0.703 bits per heavy atom. The van der Waals surface area contributed by atoms with Gasteiger partial charge in [0.25, 0.3) is 5.91 Å². The molecule has 0 saturated carbocycles. The molecule has 1 atom stereocenters. The van der Waals surface area contributed by atoms with Gasteiger partial charge in [0.1, 0.15) is 0 Å². The van der Waals surface area contributed by atoms with E-state index in [2.05, 4.69) is 10.5 Å². The third-order valence-corrected chi connectivity index (χ3v) is 5.14. The number of esters is 2. The molecule has 0 aliphatic rings. The van der Waals surface area contributed by atoms with Gasteiger partial charge in [0, 0.05) is 0 Å². The molecule has 0 heterocycles. The van der Waals surface area contributed by atoms with E-state index in [0.29, 0.717) is 22.3 Å². The number of aliphatic hydroxyl groups excluding tert-OH is 1. The van der Waals surface area contributed by atoms with Crippen molar-refractivity contribution in [3.8, 4) is 11.5 Å². The molecular formula is C29H22N2O6. The maximum absolute atomic E-state index is 12.7. The Morgan fingerprint density at radius 3 is 1.78 bits per heavy atom. The number of nitrogens with zero attached hydrogens (tertiary/aromatic N) is 1. The number of rotatable bonds is 8. The van der Waals surface area contributed by atoms with Gasteiger partial charge in [0.05, 0.1) is 17.3 Å². The van der Waals surface area contributed by atoms with E-state index in [0.717, 1.165) is 0 Å². The summed E-state index contributed by atoms with van der Waals surface area (Å²) in [7, 11) is 0. The van der Waals surface area contributed by atoms with Crippen molar-refractivity contribution in [1.82, 2.24) is 5.43 Å². The van der Waals surface area contributed by atoms with Crippen molar-refractivity contribution in [2.45, 2.75) is 6.10 Å². The highest BCUT2D eigenvalue weighted by atomic mass is 16.6. The van der Waals surface area contributed by atoms with Crippen molar-refractivity contribution in [1.29, 1.82) is 0 Å². The van der Waals surface area contributed by atoms with Gasteiger partial charge in [-0.3, -0.25) is 4.79 Å². The number of carbonyl (C=O) groups is 3. The van der Waals surface area contributed by atoms with E-state index in [4.69, 9.17) is 9.47 Å². The highest BCUT2D eigenvalue weighted by Gasteiger charge is 2.18. The smallest absolute Gasteiger partial charge is 0.343 e. The van der Waals surface area contributed by atoms with Crippen molar-refractivity contribution < 1.29 is 29.0 Å². The molecule has 1 amide bonds. The van der Waals surface area contributed by atoms with Crippen LogP contribution in [0.4, 0.5) is 0 Å². The number of carbonyl (C=O) groups excluding carboxylic acids is 3. The number of hydrazone groups is 1. The zero-order valence-electron chi connectivity index (χ0n) is 19.5. The molecule has 0 fully saturated rings. The Hall–Kier alpha value is -5.08. The molecule has 4 rings (SSSR count). The third kappa shape index (κ3) is 6.74. The lowest BCUT2D eigenvalue weighted by Crippen LogP contribution is -2.25. The predicted octanol–water partition coefficient (Wildman–Crippen LogP) is 4.31. The largest absolute Gasteiger partial charge is 0.419 e. The Bertz CT molecular complexity index is 1410. The zero-order chi connectivity index (χ0) is 26.0. The van der Waals surface area contributed by atoms with Crippen LogP contribution in [0.3, 0.4) is 0 Å². The van der Waals surface area contributed by atoms with Crippen LogP contribution in [0.15, 0.2) is 114 Å². The predicted molar refractivity (Wildman–Crippen MR) is 136 cm³/mol. The van der Waals surface area contributed by atoms with Gasteiger partial charge < -0.3 is 14.6 Å². The first kappa shape index (κ1) is 25.0. The zero-order valence-corrected chi connectivity index (χ0v) is 19.5. The van der Waals surface area contributed by atoms with Crippen LogP contribution in [0.2, 0.25) is 0 Å². The van der Waals surface area contributed by atoms with Crippen LogP contribution in [0, 0.1) is 0 Å². The Morgan fingerprint density at radius 2 is 1.22 bits per heavy atom. The molecule has 0 aromatic heterocycles. The number of amides is 1. The number of hydrogen-bond acceptors (Lipinski definition) is 7. The molecule has 0 aliphatic carbocycles. The fourth-order valence-electron chi connectivity index (χ4n) is 3.25. The molecule has 0 bridgehead atoms. The van der Waals surface area contributed by atoms with Gasteiger partial charge in [-0.1, -0.05) is 66.7 Å². The Labute approximate surface area is 212 Å². The van der Waals surface area contributed by atoms with Crippen molar-refractivity contribution >= 4 is 24.1 Å². The molecule has 0 aliphatic heterocycles. The topological polar surface area (TPSA) is 114 Å². The first-order valence-corrected chi connectivity index (χ1v) is 11.3. The lowest BCUT2D eigenvalue weighted by Gasteiger charge is -2.12. The van der Waals surface area contributed by atoms with Gasteiger partial charge in [0.2, 0.25) is 0 Å². The lowest BCUT2D eigenvalue weighted by atomic mass is 10.1. The van der Waals surface area contributed by atoms with Gasteiger partial charge in [-0.2, -0.15) is 5.10 Å². The molecule has 0 radical (unpaired) electrons. The van der Waals surface area contributed by atoms with Crippen LogP contribution in [0.1, 0.15) is 37.9 Å². The molecule has 184 valence electrons. The number of aliphatic hydroxyl groups is 1. The van der Waals surface area contributed by atoms with E-state index in [1.54, 1.807) is 97.1 Å². The Balaban J connectivity index is 1.52. The highest BCUT2D eigenvalue weighted by molar-refractivity contribution is 5.94. The monoisotopic (exact) mass is 494 g/mol. The fraction of sp³-hybridized carbons (Fsp3) is 0.0345. The average Bonchev–Trinajstić information content (AvgIpc) is 2.95. The molecule has 2 N–H and O–H groups in total. The summed E-state index contributed by atoms with van der Waals surface area (Å²) in [6.45, 7) is 0. The maximum atomic E-state index is 12.7. The quantitative estimate of drug-likeness (QED) is 0.163. The van der Waals surface area contributed by atoms with Gasteiger partial charge in [0.15, 0.2) is 17.6 Å². The summed E-state index contributed by atoms with van der Waals surface area (Å²) < 4.78 is 11.0. The molecule has 8 nitrogen and oxygen atoms in total. The van der Waals surface area contributed by atoms with Crippen molar-refractivity contribution in [2.24, 2.45) is 5.10 Å². The van der Waals surface area contributed by atoms with Gasteiger partial charge in [-0.15, -0.1) is 0 Å². The minimum absolute atomic E-state index is 0.0160. The average molecular weight is 495 g/mol. The van der Waals surface area contributed by atoms with E-state index < -0.39 is 23.9 Å². The van der Waals surface area contributed by atoms with E-state index in [9.17, 15) is 19.5 Å². The summed E-state index contributed by atoms with van der Waals surface area (Å²) in [6.07, 6.45) is -0.0846. The first-order valence-electron chi connectivity index (χ1n) is 11.3. The van der Waals surface area contributed by atoms with Gasteiger partial charge in [-0.05, 0) is 53.6 Å². The number of nitrogens with one attached hydrogen (secondary N) is 1. The Kier molecular flexibility index (Phi) is 8.15. The summed E-state index contributed by atoms with van der Waals surface area (Å²) in [5.41, 5.74) is 3.77. The third-order valence-electron chi connectivity index (χ3n) is 5.14. The van der Waals surface area contributed by atoms with Gasteiger partial charge >= 0.3 is 11.9 Å². The minimum Gasteiger partial charge on any atom is -0.419 e. The summed E-state index contributed by atoms with van der Waals surface area (Å²) in [5.74, 6) is -1.98. The minimum atomic E-state index is -1.39. The van der Waals surface area contributed by atoms with E-state index in [-0.39, 0.29) is 11.5 Å². The SMILES string of the molecule is O=C(Oc1ccc(C=NNC(=O)C(O)c2ccccc2)cc1OC(=O)c1ccccc1)c1ccccc1. The van der Waals surface area contributed by atoms with E-state index in [1.165, 1.54) is 18.3 Å². The summed E-state index contributed by atoms with van der Waals surface area (Å²) in [6, 6.07) is 29.6. The van der Waals surface area contributed by atoms with Crippen LogP contribution in [-0.4, -0.2) is 29.2 Å². The highest BCUT2D eigenvalue weighted by Crippen LogP contribution is 2.30. The number of ether oxygens (including phenoxy) is 2. The molecular weight excluding hydrogens is 472 g/mol. The molecule has 8 heteroatoms. The normalized spacial score (nSPS) is 11.5. The lowest BCUT2D eigenvalue weighted by molar-refractivity contribution is -0.129. The standard InChI is InChI=1S/C29H22N2O6/c32-26(21-10-4-1-5-11-21)27(33)31-30-19-20-16-17-24(36-28(34)22-12-6-2-7-13-22)25(18-20)37-29(35)23-14-8-3-9-15-23/h1-19,26,32H,(H,31,33). The first-order chi connectivity index (χ1) is 18.0. The number of hydrogen-bond donors (Lipinski definition) is 2. The van der Waals surface area contributed by atoms with Crippen molar-refractivity contribution in [3.05, 3.63) is 131 Å². The molecule has 4 aromatic carbocycles. The second-order valence-corrected chi connectivity index (χ2v) is 7.76. The van der Waals surface area contributed by atoms with Crippen LogP contribution in [0.5, 0.6) is 11.5 Å². The van der Waals surface area contributed by atoms with Crippen molar-refractivity contribution in [2.75, 3.05) is 0 Å². The maximum Gasteiger partial charge on any atom is 0.343 e. The summed E-state index contributed by atoms with van der Waals surface area (Å²) in [5, 5.41) is 14.0. The summed E-state index contributed by atoms with van der Waals surface area (Å²) >= 11 is 0. The van der Waals surface area contributed by atoms with Gasteiger partial charge in [-0.25, -0.2) is 15.0 Å². The van der Waals surface area contributed by atoms with Crippen LogP contribution in [-0.2, 0) is 4.79 Å². The molecule has 0 spiro atoms. The van der Waals surface area contributed by atoms with Crippen LogP contribution in [0.25, 0.3) is 0 Å². The molecule has 1 unspecified atom stereocenters. The van der Waals surface area contributed by atoms with Crippen LogP contribution < -0.4 is 14.9 Å². The molecule has 4 aromatic rings. The summed E-state index contributed by atoms with van der Waals surface area (Å²) in [4.78, 5) is 37.5. The van der Waals surface area contributed by atoms with Crippen LogP contribution >= 0.6 is 0 Å². The second-order valence-electron chi connectivity index (χ2n) is 7.76. The molecule has 37 heavy (non-hydrogen) atoms. The second kappa shape index (κ2) is 12.1. The molecule has 0 saturated heterocycles.